The number of nitrogens with one attached hydrogen (secondary N) is 1. The molecule has 360 valence electrons. The van der Waals surface area contributed by atoms with E-state index in [2.05, 4.69) is 29.1 Å². The van der Waals surface area contributed by atoms with Gasteiger partial charge in [-0.1, -0.05) is 97.1 Å². The summed E-state index contributed by atoms with van der Waals surface area (Å²) in [6.45, 7) is 2.51. The van der Waals surface area contributed by atoms with E-state index in [1.807, 2.05) is 126 Å². The van der Waals surface area contributed by atoms with Crippen LogP contribution in [0.25, 0.3) is 0 Å². The van der Waals surface area contributed by atoms with Crippen molar-refractivity contribution >= 4 is 25.8 Å². The zero-order valence-corrected chi connectivity index (χ0v) is 41.5. The van der Waals surface area contributed by atoms with Crippen LogP contribution in [-0.4, -0.2) is 35.4 Å². The van der Waals surface area contributed by atoms with Gasteiger partial charge in [0.05, 0.1) is 8.88 Å². The summed E-state index contributed by atoms with van der Waals surface area (Å²) in [6.07, 6.45) is 10.6. The van der Waals surface area contributed by atoms with Gasteiger partial charge in [-0.25, -0.2) is 4.86 Å². The molecule has 7 rings (SSSR count). The van der Waals surface area contributed by atoms with E-state index in [-0.39, 0.29) is 8.88 Å². The summed E-state index contributed by atoms with van der Waals surface area (Å²) in [7, 11) is -3.87. The topological polar surface area (TPSA) is 178 Å². The van der Waals surface area contributed by atoms with Gasteiger partial charge in [0, 0.05) is 4.60 Å². The third-order valence-corrected chi connectivity index (χ3v) is 16.1. The number of para-hydroxylation sites is 6. The summed E-state index contributed by atoms with van der Waals surface area (Å²) in [5.41, 5.74) is 27.9. The van der Waals surface area contributed by atoms with Crippen LogP contribution in [0.4, 0.5) is 0 Å². The van der Waals surface area contributed by atoms with Crippen LogP contribution >= 0.6 is 25.8 Å². The van der Waals surface area contributed by atoms with Gasteiger partial charge in [0.2, 0.25) is 5.75 Å². The van der Waals surface area contributed by atoms with E-state index in [1.165, 1.54) is 0 Å². The van der Waals surface area contributed by atoms with Crippen molar-refractivity contribution in [1.82, 2.24) is 14.1 Å². The van der Waals surface area contributed by atoms with Gasteiger partial charge in [-0.3, -0.25) is 0 Å². The Labute approximate surface area is 406 Å². The van der Waals surface area contributed by atoms with Crippen molar-refractivity contribution < 1.29 is 28.2 Å². The van der Waals surface area contributed by atoms with Crippen molar-refractivity contribution in [2.24, 2.45) is 22.9 Å². The lowest BCUT2D eigenvalue weighted by atomic mass is 10.1. The molecule has 0 saturated carbocycles. The highest BCUT2D eigenvalue weighted by Gasteiger charge is 2.47. The molecule has 0 radical (unpaired) electrons. The SMILES string of the molecule is NCCCCc1ccccc1Oc1cccc(OP2NPN(Oc3ccccc3CCCCN)P(Oc3ccccc3CCCCN)N2Oc2ccccc2)c1Oc1ccccc1CCCCN. The first kappa shape index (κ1) is 51.0. The maximum Gasteiger partial charge on any atom is 0.332 e. The molecule has 16 heteroatoms. The molecule has 3 atom stereocenters. The Hall–Kier alpha value is -4.87. The minimum absolute atomic E-state index is 0.114. The lowest BCUT2D eigenvalue weighted by Crippen LogP contribution is -2.37. The Morgan fingerprint density at radius 1 is 0.412 bits per heavy atom. The van der Waals surface area contributed by atoms with Gasteiger partial charge >= 0.3 is 8.45 Å². The Morgan fingerprint density at radius 3 is 1.41 bits per heavy atom. The minimum atomic E-state index is -1.91. The second-order valence-electron chi connectivity index (χ2n) is 16.2. The molecule has 0 aliphatic carbocycles. The fourth-order valence-electron chi connectivity index (χ4n) is 7.45. The van der Waals surface area contributed by atoms with E-state index in [9.17, 15) is 0 Å². The van der Waals surface area contributed by atoms with Crippen molar-refractivity contribution in [3.05, 3.63) is 168 Å². The second kappa shape index (κ2) is 28.0. The molecule has 0 bridgehead atoms. The number of nitrogens with two attached hydrogens (primary N) is 4. The average Bonchev–Trinajstić information content (AvgIpc) is 3.36. The number of unbranched alkanes of at least 4 members (excludes halogenated alkanes) is 4. The van der Waals surface area contributed by atoms with Crippen LogP contribution in [-0.2, 0) is 25.7 Å². The molecular formula is C52H66N7O6P3. The molecule has 1 heterocycles. The van der Waals surface area contributed by atoms with Gasteiger partial charge in [-0.05, 0) is 179 Å². The van der Waals surface area contributed by atoms with Crippen molar-refractivity contribution in [1.29, 1.82) is 0 Å². The van der Waals surface area contributed by atoms with E-state index < -0.39 is 16.9 Å². The lowest BCUT2D eigenvalue weighted by Gasteiger charge is -2.42. The predicted octanol–water partition coefficient (Wildman–Crippen LogP) is 12.0. The molecule has 1 saturated heterocycles. The number of nitrogens with zero attached hydrogens (tertiary/aromatic N) is 2. The van der Waals surface area contributed by atoms with Gasteiger partial charge in [-0.15, -0.1) is 0 Å². The first-order chi connectivity index (χ1) is 33.6. The average molecular weight is 978 g/mol. The van der Waals surface area contributed by atoms with E-state index in [4.69, 9.17) is 51.1 Å². The lowest BCUT2D eigenvalue weighted by molar-refractivity contribution is 0.0668. The Kier molecular flexibility index (Phi) is 21.0. The van der Waals surface area contributed by atoms with E-state index in [0.717, 1.165) is 117 Å². The minimum Gasteiger partial charge on any atom is -0.453 e. The van der Waals surface area contributed by atoms with Crippen LogP contribution < -0.4 is 56.0 Å². The van der Waals surface area contributed by atoms with Crippen LogP contribution in [0, 0.1) is 0 Å². The number of hydrogen-bond donors (Lipinski definition) is 5. The Bertz CT molecular complexity index is 2420. The number of ether oxygens (including phenoxy) is 2. The van der Waals surface area contributed by atoms with Crippen LogP contribution in [0.2, 0.25) is 0 Å². The summed E-state index contributed by atoms with van der Waals surface area (Å²) < 4.78 is 31.8. The fourth-order valence-corrected chi connectivity index (χ4v) is 13.1. The van der Waals surface area contributed by atoms with Crippen molar-refractivity contribution in [3.63, 3.8) is 0 Å². The van der Waals surface area contributed by atoms with Crippen LogP contribution in [0.15, 0.2) is 146 Å². The monoisotopic (exact) mass is 977 g/mol. The highest BCUT2D eigenvalue weighted by Crippen LogP contribution is 2.67. The van der Waals surface area contributed by atoms with Gasteiger partial charge in [0.1, 0.15) is 23.0 Å². The standard InChI is InChI=1S/C52H66N7O6P3/c53-37-16-12-25-41-21-4-8-31-46(41)60-50-35-20-36-51(52(50)61-47-32-9-5-22-42(47)26-13-17-38-54)64-67-57-66-58(63-48-33-10-6-23-43(48)27-14-18-39-55)68(59(67)62-45-29-2-1-3-30-45)65-49-34-11-7-24-44(49)28-15-19-40-56/h1-11,20-24,29-36,57,66H,12-19,25-28,37-40,53-56H2. The number of rotatable bonds is 28. The Balaban J connectivity index is 1.30. The smallest absolute Gasteiger partial charge is 0.332 e. The maximum absolute atomic E-state index is 7.19. The zero-order chi connectivity index (χ0) is 47.2. The van der Waals surface area contributed by atoms with E-state index >= 15 is 0 Å². The van der Waals surface area contributed by atoms with Crippen molar-refractivity contribution in [2.45, 2.75) is 77.0 Å². The summed E-state index contributed by atoms with van der Waals surface area (Å²) in [5, 5.41) is 0. The summed E-state index contributed by atoms with van der Waals surface area (Å²) in [5.74, 6) is 4.84. The summed E-state index contributed by atoms with van der Waals surface area (Å²) in [6, 6.07) is 47.8. The number of benzene rings is 6. The van der Waals surface area contributed by atoms with Crippen LogP contribution in [0.1, 0.15) is 73.6 Å². The predicted molar refractivity (Wildman–Crippen MR) is 278 cm³/mol. The fraction of sp³-hybridized carbons (Fsp3) is 0.308. The van der Waals surface area contributed by atoms with Crippen LogP contribution in [0.5, 0.6) is 46.0 Å². The normalized spacial score (nSPS) is 15.5. The molecule has 6 aromatic carbocycles. The van der Waals surface area contributed by atoms with Gasteiger partial charge < -0.3 is 51.1 Å². The van der Waals surface area contributed by atoms with E-state index in [0.29, 0.717) is 54.9 Å². The maximum atomic E-state index is 7.19. The molecule has 0 aromatic heterocycles. The summed E-state index contributed by atoms with van der Waals surface area (Å²) in [4.78, 5) is 17.5. The molecular weight excluding hydrogens is 912 g/mol. The number of aryl methyl sites for hydroxylation is 4. The molecule has 1 aliphatic rings. The highest BCUT2D eigenvalue weighted by molar-refractivity contribution is 7.74. The molecule has 3 unspecified atom stereocenters. The molecule has 9 N–H and O–H groups in total. The van der Waals surface area contributed by atoms with Gasteiger partial charge in [0.25, 0.3) is 8.45 Å². The third-order valence-electron chi connectivity index (χ3n) is 11.0. The second-order valence-corrected chi connectivity index (χ2v) is 20.9. The largest absolute Gasteiger partial charge is 0.453 e. The van der Waals surface area contributed by atoms with Crippen molar-refractivity contribution in [3.8, 4) is 46.0 Å². The first-order valence-electron chi connectivity index (χ1n) is 23.7. The van der Waals surface area contributed by atoms with Gasteiger partial charge in [-0.2, -0.15) is 0 Å². The quantitative estimate of drug-likeness (QED) is 0.0232. The highest BCUT2D eigenvalue weighted by atomic mass is 31.3. The zero-order valence-electron chi connectivity index (χ0n) is 38.7. The van der Waals surface area contributed by atoms with Gasteiger partial charge in [0.15, 0.2) is 17.2 Å². The van der Waals surface area contributed by atoms with E-state index in [1.54, 1.807) is 4.60 Å². The molecule has 1 fully saturated rings. The number of hydrogen-bond acceptors (Lipinski definition) is 13. The van der Waals surface area contributed by atoms with Crippen LogP contribution in [0.3, 0.4) is 0 Å². The molecule has 0 spiro atoms. The third kappa shape index (κ3) is 14.8. The molecule has 6 aromatic rings. The molecule has 13 nitrogen and oxygen atoms in total. The Morgan fingerprint density at radius 2 is 0.853 bits per heavy atom. The molecule has 1 aliphatic heterocycles. The summed E-state index contributed by atoms with van der Waals surface area (Å²) >= 11 is 0. The molecule has 0 amide bonds. The molecule has 68 heavy (non-hydrogen) atoms. The first-order valence-corrected chi connectivity index (χ1v) is 27.0. The van der Waals surface area contributed by atoms with Crippen molar-refractivity contribution in [2.75, 3.05) is 26.2 Å².